The summed E-state index contributed by atoms with van der Waals surface area (Å²) in [5.41, 5.74) is 6.62. The highest BCUT2D eigenvalue weighted by atomic mass is 35.5. The van der Waals surface area contributed by atoms with E-state index in [9.17, 15) is 9.90 Å². The molecule has 0 aliphatic rings. The van der Waals surface area contributed by atoms with E-state index in [-0.39, 0.29) is 12.6 Å². The third-order valence-electron chi connectivity index (χ3n) is 4.42. The van der Waals surface area contributed by atoms with Crippen molar-refractivity contribution in [1.29, 1.82) is 0 Å². The van der Waals surface area contributed by atoms with Crippen molar-refractivity contribution in [3.63, 3.8) is 0 Å². The molecule has 0 saturated heterocycles. The molecule has 30 heavy (non-hydrogen) atoms. The number of aliphatic hydroxyl groups is 1. The predicted molar refractivity (Wildman–Crippen MR) is 120 cm³/mol. The van der Waals surface area contributed by atoms with E-state index in [0.717, 1.165) is 31.6 Å². The molecule has 4 N–H and O–H groups in total. The SMILES string of the molecule is Nc1c(Cl)cc(C(O)CNCCCCCC(=O)OCCOc2ccccc2)cc1Cl. The van der Waals surface area contributed by atoms with E-state index in [2.05, 4.69) is 5.32 Å². The maximum absolute atomic E-state index is 11.7. The van der Waals surface area contributed by atoms with Crippen LogP contribution in [0.2, 0.25) is 10.0 Å². The van der Waals surface area contributed by atoms with Gasteiger partial charge in [0, 0.05) is 13.0 Å². The van der Waals surface area contributed by atoms with Crippen molar-refractivity contribution in [3.05, 3.63) is 58.1 Å². The monoisotopic (exact) mass is 454 g/mol. The molecule has 0 saturated carbocycles. The van der Waals surface area contributed by atoms with Crippen LogP contribution in [-0.2, 0) is 9.53 Å². The molecule has 0 aliphatic carbocycles. The van der Waals surface area contributed by atoms with Gasteiger partial charge in [-0.1, -0.05) is 47.8 Å². The molecular weight excluding hydrogens is 427 g/mol. The molecule has 0 radical (unpaired) electrons. The molecule has 164 valence electrons. The molecule has 6 nitrogen and oxygen atoms in total. The van der Waals surface area contributed by atoms with Crippen molar-refractivity contribution >= 4 is 34.9 Å². The first-order chi connectivity index (χ1) is 14.5. The minimum atomic E-state index is -0.728. The average molecular weight is 455 g/mol. The third-order valence-corrected chi connectivity index (χ3v) is 5.04. The van der Waals surface area contributed by atoms with Crippen molar-refractivity contribution < 1.29 is 19.4 Å². The summed E-state index contributed by atoms with van der Waals surface area (Å²) < 4.78 is 10.6. The second kappa shape index (κ2) is 13.3. The number of halogens is 2. The molecule has 2 aromatic carbocycles. The van der Waals surface area contributed by atoms with Crippen LogP contribution < -0.4 is 15.8 Å². The van der Waals surface area contributed by atoms with E-state index in [4.69, 9.17) is 38.4 Å². The molecule has 0 heterocycles. The summed E-state index contributed by atoms with van der Waals surface area (Å²) in [5, 5.41) is 14.1. The molecule has 0 fully saturated rings. The van der Waals surface area contributed by atoms with Gasteiger partial charge in [0.05, 0.1) is 21.8 Å². The van der Waals surface area contributed by atoms with Gasteiger partial charge in [-0.2, -0.15) is 0 Å². The zero-order valence-electron chi connectivity index (χ0n) is 16.8. The summed E-state index contributed by atoms with van der Waals surface area (Å²) in [6.45, 7) is 1.69. The van der Waals surface area contributed by atoms with E-state index in [1.54, 1.807) is 12.1 Å². The lowest BCUT2D eigenvalue weighted by Crippen LogP contribution is -2.22. The van der Waals surface area contributed by atoms with Gasteiger partial charge in [0.15, 0.2) is 0 Å². The topological polar surface area (TPSA) is 93.8 Å². The van der Waals surface area contributed by atoms with Crippen LogP contribution in [0.3, 0.4) is 0 Å². The smallest absolute Gasteiger partial charge is 0.305 e. The number of unbranched alkanes of at least 4 members (excludes halogenated alkanes) is 2. The molecule has 2 aromatic rings. The Hall–Kier alpha value is -1.99. The Morgan fingerprint density at radius 2 is 1.77 bits per heavy atom. The molecule has 0 bridgehead atoms. The standard InChI is InChI=1S/C22H28Cl2N2O4/c23-18-13-16(14-19(24)22(18)25)20(27)15-26-10-6-2-5-9-21(28)30-12-11-29-17-7-3-1-4-8-17/h1,3-4,7-8,13-14,20,26-27H,2,5-6,9-12,15,25H2. The number of para-hydroxylation sites is 1. The number of nitrogen functional groups attached to an aromatic ring is 1. The van der Waals surface area contributed by atoms with Gasteiger partial charge < -0.3 is 25.6 Å². The molecule has 1 unspecified atom stereocenters. The number of hydrogen-bond acceptors (Lipinski definition) is 6. The normalized spacial score (nSPS) is 11.8. The number of aliphatic hydroxyl groups excluding tert-OH is 1. The molecule has 0 spiro atoms. The molecule has 1 atom stereocenters. The van der Waals surface area contributed by atoms with Crippen LogP contribution in [0.25, 0.3) is 0 Å². The van der Waals surface area contributed by atoms with Gasteiger partial charge in [-0.3, -0.25) is 4.79 Å². The number of nitrogens with two attached hydrogens (primary N) is 1. The number of rotatable bonds is 13. The number of hydrogen-bond donors (Lipinski definition) is 3. The Morgan fingerprint density at radius 1 is 1.07 bits per heavy atom. The molecule has 0 aliphatic heterocycles. The van der Waals surface area contributed by atoms with Crippen LogP contribution in [0.4, 0.5) is 5.69 Å². The quantitative estimate of drug-likeness (QED) is 0.236. The Bertz CT molecular complexity index is 767. The van der Waals surface area contributed by atoms with E-state index in [0.29, 0.717) is 40.9 Å². The van der Waals surface area contributed by atoms with Crippen LogP contribution in [0.1, 0.15) is 37.4 Å². The number of ether oxygens (including phenoxy) is 2. The summed E-state index contributed by atoms with van der Waals surface area (Å²) in [6.07, 6.45) is 2.19. The second-order valence-electron chi connectivity index (χ2n) is 6.81. The van der Waals surface area contributed by atoms with E-state index in [1.165, 1.54) is 0 Å². The second-order valence-corrected chi connectivity index (χ2v) is 7.63. The first-order valence-electron chi connectivity index (χ1n) is 9.94. The van der Waals surface area contributed by atoms with Gasteiger partial charge in [-0.05, 0) is 49.2 Å². The minimum absolute atomic E-state index is 0.216. The summed E-state index contributed by atoms with van der Waals surface area (Å²) in [7, 11) is 0. The highest BCUT2D eigenvalue weighted by molar-refractivity contribution is 6.38. The van der Waals surface area contributed by atoms with Crippen molar-refractivity contribution in [2.75, 3.05) is 32.0 Å². The van der Waals surface area contributed by atoms with Crippen LogP contribution in [-0.4, -0.2) is 37.4 Å². The number of carbonyl (C=O) groups is 1. The maximum Gasteiger partial charge on any atom is 0.305 e. The largest absolute Gasteiger partial charge is 0.490 e. The third kappa shape index (κ3) is 8.79. The van der Waals surface area contributed by atoms with Gasteiger partial charge in [0.2, 0.25) is 0 Å². The Morgan fingerprint density at radius 3 is 2.47 bits per heavy atom. The van der Waals surface area contributed by atoms with Crippen LogP contribution in [0, 0.1) is 0 Å². The van der Waals surface area contributed by atoms with Crippen molar-refractivity contribution in [2.24, 2.45) is 0 Å². The first-order valence-corrected chi connectivity index (χ1v) is 10.7. The Labute approximate surface area is 187 Å². The van der Waals surface area contributed by atoms with Gasteiger partial charge in [-0.25, -0.2) is 0 Å². The van der Waals surface area contributed by atoms with Gasteiger partial charge in [0.25, 0.3) is 0 Å². The van der Waals surface area contributed by atoms with Gasteiger partial charge >= 0.3 is 5.97 Å². The zero-order valence-corrected chi connectivity index (χ0v) is 18.3. The number of anilines is 1. The maximum atomic E-state index is 11.7. The molecular formula is C22H28Cl2N2O4. The van der Waals surface area contributed by atoms with E-state index in [1.807, 2.05) is 30.3 Å². The fourth-order valence-corrected chi connectivity index (χ4v) is 3.26. The minimum Gasteiger partial charge on any atom is -0.490 e. The molecule has 2 rings (SSSR count). The van der Waals surface area contributed by atoms with Gasteiger partial charge in [0.1, 0.15) is 19.0 Å². The zero-order chi connectivity index (χ0) is 21.8. The number of carbonyl (C=O) groups excluding carboxylic acids is 1. The lowest BCUT2D eigenvalue weighted by atomic mass is 10.1. The Balaban J connectivity index is 1.48. The van der Waals surface area contributed by atoms with E-state index >= 15 is 0 Å². The highest BCUT2D eigenvalue weighted by Crippen LogP contribution is 2.31. The highest BCUT2D eigenvalue weighted by Gasteiger charge is 2.12. The van der Waals surface area contributed by atoms with E-state index < -0.39 is 6.10 Å². The first kappa shape index (κ1) is 24.3. The van der Waals surface area contributed by atoms with Crippen molar-refractivity contribution in [3.8, 4) is 5.75 Å². The average Bonchev–Trinajstić information content (AvgIpc) is 2.74. The van der Waals surface area contributed by atoms with Gasteiger partial charge in [-0.15, -0.1) is 0 Å². The van der Waals surface area contributed by atoms with Crippen LogP contribution in [0.5, 0.6) is 5.75 Å². The summed E-state index contributed by atoms with van der Waals surface area (Å²) in [6, 6.07) is 12.6. The summed E-state index contributed by atoms with van der Waals surface area (Å²) in [4.78, 5) is 11.7. The molecule has 8 heteroatoms. The fourth-order valence-electron chi connectivity index (χ4n) is 2.75. The fraction of sp³-hybridized carbons (Fsp3) is 0.409. The predicted octanol–water partition coefficient (Wildman–Crippen LogP) is 4.38. The molecule has 0 amide bonds. The lowest BCUT2D eigenvalue weighted by molar-refractivity contribution is -0.144. The Kier molecular flexibility index (Phi) is 10.8. The number of nitrogens with one attached hydrogen (secondary N) is 1. The van der Waals surface area contributed by atoms with Crippen LogP contribution >= 0.6 is 23.2 Å². The number of benzene rings is 2. The lowest BCUT2D eigenvalue weighted by Gasteiger charge is -2.14. The van der Waals surface area contributed by atoms with Crippen LogP contribution in [0.15, 0.2) is 42.5 Å². The molecule has 0 aromatic heterocycles. The summed E-state index contributed by atoms with van der Waals surface area (Å²) in [5.74, 6) is 0.543. The summed E-state index contributed by atoms with van der Waals surface area (Å²) >= 11 is 12.0. The van der Waals surface area contributed by atoms with Crippen molar-refractivity contribution in [2.45, 2.75) is 31.8 Å². The number of esters is 1. The van der Waals surface area contributed by atoms with Crippen molar-refractivity contribution in [1.82, 2.24) is 5.32 Å².